The van der Waals surface area contributed by atoms with Crippen molar-refractivity contribution in [1.82, 2.24) is 0 Å². The predicted molar refractivity (Wildman–Crippen MR) is 85.4 cm³/mol. The Morgan fingerprint density at radius 3 is 2.42 bits per heavy atom. The fourth-order valence-electron chi connectivity index (χ4n) is 1.92. The number of carbonyl (C=O) groups excluding carboxylic acids is 2. The highest BCUT2D eigenvalue weighted by Crippen LogP contribution is 2.26. The second-order valence-corrected chi connectivity index (χ2v) is 5.39. The maximum absolute atomic E-state index is 13.8. The van der Waals surface area contributed by atoms with Gasteiger partial charge < -0.3 is 5.32 Å². The molecule has 0 spiro atoms. The average molecular weight is 399 g/mol. The van der Waals surface area contributed by atoms with Gasteiger partial charge in [0.2, 0.25) is 5.08 Å². The number of nitro groups is 1. The Morgan fingerprint density at radius 2 is 1.83 bits per heavy atom. The van der Waals surface area contributed by atoms with E-state index < -0.39 is 33.2 Å². The standard InChI is InChI=1S/C15H9BrF2N2O4/c16-14(18)15(22)19-12-6-5-8(20(23)24)7-10(12)13(21)9-3-1-2-4-11(9)17/h1-7,14H,(H,19,22). The molecule has 0 aliphatic carbocycles. The highest BCUT2D eigenvalue weighted by molar-refractivity contribution is 9.09. The molecule has 0 saturated carbocycles. The zero-order valence-electron chi connectivity index (χ0n) is 11.8. The van der Waals surface area contributed by atoms with Crippen LogP contribution in [0.15, 0.2) is 42.5 Å². The van der Waals surface area contributed by atoms with Crippen molar-refractivity contribution in [2.75, 3.05) is 5.32 Å². The van der Waals surface area contributed by atoms with Crippen molar-refractivity contribution in [3.05, 3.63) is 69.5 Å². The topological polar surface area (TPSA) is 89.3 Å². The molecule has 1 unspecified atom stereocenters. The van der Waals surface area contributed by atoms with Gasteiger partial charge in [-0.15, -0.1) is 0 Å². The molecule has 24 heavy (non-hydrogen) atoms. The van der Waals surface area contributed by atoms with Crippen molar-refractivity contribution < 1.29 is 23.3 Å². The SMILES string of the molecule is O=C(c1ccccc1F)c1cc([N+](=O)[O-])ccc1NC(=O)C(F)Br. The fourth-order valence-corrected chi connectivity index (χ4v) is 2.03. The summed E-state index contributed by atoms with van der Waals surface area (Å²) < 4.78 is 26.8. The molecule has 6 nitrogen and oxygen atoms in total. The van der Waals surface area contributed by atoms with E-state index in [4.69, 9.17) is 0 Å². The Labute approximate surface area is 142 Å². The lowest BCUT2D eigenvalue weighted by Crippen LogP contribution is -2.21. The third kappa shape index (κ3) is 3.80. The number of ketones is 1. The van der Waals surface area contributed by atoms with Gasteiger partial charge in [0.05, 0.1) is 21.7 Å². The summed E-state index contributed by atoms with van der Waals surface area (Å²) in [5.41, 5.74) is -1.25. The number of nitrogens with one attached hydrogen (secondary N) is 1. The zero-order valence-corrected chi connectivity index (χ0v) is 13.4. The molecule has 0 saturated heterocycles. The van der Waals surface area contributed by atoms with Crippen LogP contribution in [0.4, 0.5) is 20.2 Å². The number of nitro benzene ring substituents is 1. The Kier molecular flexibility index (Phi) is 5.35. The summed E-state index contributed by atoms with van der Waals surface area (Å²) in [5, 5.41) is 11.0. The minimum Gasteiger partial charge on any atom is -0.322 e. The van der Waals surface area contributed by atoms with Crippen molar-refractivity contribution in [2.45, 2.75) is 5.08 Å². The van der Waals surface area contributed by atoms with Gasteiger partial charge in [0.25, 0.3) is 11.6 Å². The zero-order chi connectivity index (χ0) is 17.9. The normalized spacial score (nSPS) is 11.6. The van der Waals surface area contributed by atoms with Crippen LogP contribution in [0.2, 0.25) is 0 Å². The van der Waals surface area contributed by atoms with Crippen molar-refractivity contribution >= 4 is 39.0 Å². The molecular formula is C15H9BrF2N2O4. The molecule has 0 radical (unpaired) electrons. The maximum Gasteiger partial charge on any atom is 0.270 e. The second-order valence-electron chi connectivity index (χ2n) is 4.59. The third-order valence-electron chi connectivity index (χ3n) is 3.03. The monoisotopic (exact) mass is 398 g/mol. The molecule has 0 heterocycles. The smallest absolute Gasteiger partial charge is 0.270 e. The minimum atomic E-state index is -2.04. The molecule has 1 N–H and O–H groups in total. The van der Waals surface area contributed by atoms with Gasteiger partial charge in [-0.25, -0.2) is 8.78 Å². The van der Waals surface area contributed by atoms with Crippen LogP contribution in [0.1, 0.15) is 15.9 Å². The summed E-state index contributed by atoms with van der Waals surface area (Å²) >= 11 is 2.42. The molecule has 0 aliphatic rings. The summed E-state index contributed by atoms with van der Waals surface area (Å²) in [5.74, 6) is -2.81. The number of hydrogen-bond donors (Lipinski definition) is 1. The number of carbonyl (C=O) groups is 2. The Hall–Kier alpha value is -2.68. The van der Waals surface area contributed by atoms with Crippen molar-refractivity contribution in [2.24, 2.45) is 0 Å². The van der Waals surface area contributed by atoms with Gasteiger partial charge in [-0.05, 0) is 34.1 Å². The number of amides is 1. The lowest BCUT2D eigenvalue weighted by atomic mass is 10.0. The molecular weight excluding hydrogens is 390 g/mol. The number of halogens is 3. The van der Waals surface area contributed by atoms with Gasteiger partial charge >= 0.3 is 0 Å². The van der Waals surface area contributed by atoms with Gasteiger partial charge in [0.1, 0.15) is 5.82 Å². The van der Waals surface area contributed by atoms with Crippen LogP contribution in [0.5, 0.6) is 0 Å². The first kappa shape index (κ1) is 17.7. The van der Waals surface area contributed by atoms with E-state index in [9.17, 15) is 28.5 Å². The van der Waals surface area contributed by atoms with E-state index in [1.807, 2.05) is 0 Å². The van der Waals surface area contributed by atoms with Gasteiger partial charge in [-0.1, -0.05) is 12.1 Å². The van der Waals surface area contributed by atoms with Crippen LogP contribution in [-0.4, -0.2) is 21.7 Å². The highest BCUT2D eigenvalue weighted by atomic mass is 79.9. The molecule has 0 fully saturated rings. The summed E-state index contributed by atoms with van der Waals surface area (Å²) in [6.07, 6.45) is 0. The first-order valence-corrected chi connectivity index (χ1v) is 7.39. The number of nitrogens with zero attached hydrogens (tertiary/aromatic N) is 1. The Balaban J connectivity index is 2.54. The lowest BCUT2D eigenvalue weighted by molar-refractivity contribution is -0.384. The molecule has 0 bridgehead atoms. The molecule has 0 aromatic heterocycles. The van der Waals surface area contributed by atoms with E-state index in [-0.39, 0.29) is 16.8 Å². The van der Waals surface area contributed by atoms with E-state index in [2.05, 4.69) is 21.2 Å². The fraction of sp³-hybridized carbons (Fsp3) is 0.0667. The van der Waals surface area contributed by atoms with Crippen molar-refractivity contribution in [3.8, 4) is 0 Å². The Bertz CT molecular complexity index is 827. The molecule has 124 valence electrons. The van der Waals surface area contributed by atoms with Gasteiger partial charge in [0.15, 0.2) is 5.78 Å². The van der Waals surface area contributed by atoms with Crippen LogP contribution in [0.25, 0.3) is 0 Å². The highest BCUT2D eigenvalue weighted by Gasteiger charge is 2.23. The molecule has 2 aromatic carbocycles. The summed E-state index contributed by atoms with van der Waals surface area (Å²) in [7, 11) is 0. The number of benzene rings is 2. The average Bonchev–Trinajstić information content (AvgIpc) is 2.54. The van der Waals surface area contributed by atoms with Crippen LogP contribution in [0, 0.1) is 15.9 Å². The largest absolute Gasteiger partial charge is 0.322 e. The third-order valence-corrected chi connectivity index (χ3v) is 3.45. The van der Waals surface area contributed by atoms with Crippen LogP contribution in [-0.2, 0) is 4.79 Å². The number of anilines is 1. The van der Waals surface area contributed by atoms with E-state index in [1.54, 1.807) is 0 Å². The van der Waals surface area contributed by atoms with E-state index in [1.165, 1.54) is 18.2 Å². The van der Waals surface area contributed by atoms with E-state index in [0.717, 1.165) is 24.3 Å². The van der Waals surface area contributed by atoms with Gasteiger partial charge in [0, 0.05) is 12.1 Å². The second kappa shape index (κ2) is 7.26. The predicted octanol–water partition coefficient (Wildman–Crippen LogP) is 3.59. The van der Waals surface area contributed by atoms with Crippen molar-refractivity contribution in [1.29, 1.82) is 0 Å². The lowest BCUT2D eigenvalue weighted by Gasteiger charge is -2.11. The van der Waals surface area contributed by atoms with Crippen molar-refractivity contribution in [3.63, 3.8) is 0 Å². The van der Waals surface area contributed by atoms with Crippen LogP contribution < -0.4 is 5.32 Å². The molecule has 1 amide bonds. The number of alkyl halides is 2. The quantitative estimate of drug-likeness (QED) is 0.360. The first-order chi connectivity index (χ1) is 11.3. The first-order valence-electron chi connectivity index (χ1n) is 6.48. The number of rotatable bonds is 5. The summed E-state index contributed by atoms with van der Waals surface area (Å²) in [6, 6.07) is 8.06. The van der Waals surface area contributed by atoms with Crippen LogP contribution >= 0.6 is 15.9 Å². The van der Waals surface area contributed by atoms with Gasteiger partial charge in [-0.2, -0.15) is 0 Å². The number of non-ortho nitro benzene ring substituents is 1. The summed E-state index contributed by atoms with van der Waals surface area (Å²) in [4.78, 5) is 34.1. The molecule has 0 aliphatic heterocycles. The minimum absolute atomic E-state index is 0.166. The van der Waals surface area contributed by atoms with E-state index >= 15 is 0 Å². The maximum atomic E-state index is 13.8. The van der Waals surface area contributed by atoms with E-state index in [0.29, 0.717) is 0 Å². The molecule has 2 aromatic rings. The Morgan fingerprint density at radius 1 is 1.17 bits per heavy atom. The number of hydrogen-bond acceptors (Lipinski definition) is 4. The molecule has 2 rings (SSSR count). The summed E-state index contributed by atoms with van der Waals surface area (Å²) in [6.45, 7) is 0. The van der Waals surface area contributed by atoms with Crippen LogP contribution in [0.3, 0.4) is 0 Å². The molecule has 1 atom stereocenters. The van der Waals surface area contributed by atoms with Gasteiger partial charge in [-0.3, -0.25) is 19.7 Å². The molecule has 9 heteroatoms.